The first kappa shape index (κ1) is 17.8. The average molecular weight is 315 g/mol. The maximum absolute atomic E-state index is 12.0. The van der Waals surface area contributed by atoms with E-state index < -0.39 is 0 Å². The van der Waals surface area contributed by atoms with Gasteiger partial charge >= 0.3 is 0 Å². The molecule has 1 fully saturated rings. The van der Waals surface area contributed by atoms with Crippen molar-refractivity contribution in [2.75, 3.05) is 13.2 Å². The molecule has 0 saturated carbocycles. The summed E-state index contributed by atoms with van der Waals surface area (Å²) in [6, 6.07) is 7.70. The van der Waals surface area contributed by atoms with Crippen molar-refractivity contribution in [2.45, 2.75) is 38.5 Å². The lowest BCUT2D eigenvalue weighted by Crippen LogP contribution is -2.35. The van der Waals surface area contributed by atoms with Crippen molar-refractivity contribution in [3.63, 3.8) is 0 Å². The predicted molar refractivity (Wildman–Crippen MR) is 83.7 cm³/mol. The molecule has 1 saturated heterocycles. The Morgan fingerprint density at radius 1 is 1.43 bits per heavy atom. The van der Waals surface area contributed by atoms with Gasteiger partial charge in [-0.1, -0.05) is 18.2 Å². The lowest BCUT2D eigenvalue weighted by Gasteiger charge is -2.14. The van der Waals surface area contributed by atoms with E-state index in [9.17, 15) is 4.79 Å². The van der Waals surface area contributed by atoms with Crippen molar-refractivity contribution in [3.8, 4) is 5.75 Å². The number of halogens is 1. The SMILES string of the molecule is CCOc1ccccc1CNC(=O)[C@@H]1CC[C@H](CN)O1.Cl. The summed E-state index contributed by atoms with van der Waals surface area (Å²) in [6.45, 7) is 3.46. The van der Waals surface area contributed by atoms with Gasteiger partial charge in [-0.15, -0.1) is 12.4 Å². The summed E-state index contributed by atoms with van der Waals surface area (Å²) in [5, 5.41) is 2.90. The van der Waals surface area contributed by atoms with Gasteiger partial charge in [0.05, 0.1) is 12.7 Å². The number of ether oxygens (including phenoxy) is 2. The quantitative estimate of drug-likeness (QED) is 0.837. The van der Waals surface area contributed by atoms with Gasteiger partial charge in [0.2, 0.25) is 5.91 Å². The third-order valence-electron chi connectivity index (χ3n) is 3.39. The summed E-state index contributed by atoms with van der Waals surface area (Å²) >= 11 is 0. The van der Waals surface area contributed by atoms with Crippen LogP contribution in [0.2, 0.25) is 0 Å². The molecule has 5 nitrogen and oxygen atoms in total. The molecule has 21 heavy (non-hydrogen) atoms. The van der Waals surface area contributed by atoms with E-state index in [0.717, 1.165) is 24.2 Å². The molecule has 1 aromatic rings. The highest BCUT2D eigenvalue weighted by Crippen LogP contribution is 2.20. The largest absolute Gasteiger partial charge is 0.494 e. The Morgan fingerprint density at radius 2 is 2.19 bits per heavy atom. The van der Waals surface area contributed by atoms with Crippen LogP contribution in [0.5, 0.6) is 5.75 Å². The van der Waals surface area contributed by atoms with E-state index >= 15 is 0 Å². The normalized spacial score (nSPS) is 20.7. The summed E-state index contributed by atoms with van der Waals surface area (Å²) < 4.78 is 11.1. The molecule has 6 heteroatoms. The summed E-state index contributed by atoms with van der Waals surface area (Å²) in [6.07, 6.45) is 1.23. The van der Waals surface area contributed by atoms with Gasteiger partial charge in [-0.2, -0.15) is 0 Å². The summed E-state index contributed by atoms with van der Waals surface area (Å²) in [5.74, 6) is 0.731. The van der Waals surface area contributed by atoms with Gasteiger partial charge in [0.25, 0.3) is 0 Å². The zero-order valence-corrected chi connectivity index (χ0v) is 13.0. The lowest BCUT2D eigenvalue weighted by atomic mass is 10.1. The Balaban J connectivity index is 0.00000220. The van der Waals surface area contributed by atoms with E-state index in [0.29, 0.717) is 19.7 Å². The molecule has 1 aliphatic heterocycles. The first-order valence-electron chi connectivity index (χ1n) is 7.08. The number of hydrogen-bond acceptors (Lipinski definition) is 4. The third kappa shape index (κ3) is 4.88. The molecule has 0 unspecified atom stereocenters. The van der Waals surface area contributed by atoms with E-state index in [1.165, 1.54) is 0 Å². The molecule has 1 aromatic carbocycles. The van der Waals surface area contributed by atoms with Gasteiger partial charge in [0, 0.05) is 18.7 Å². The topological polar surface area (TPSA) is 73.6 Å². The fraction of sp³-hybridized carbons (Fsp3) is 0.533. The zero-order chi connectivity index (χ0) is 14.4. The summed E-state index contributed by atoms with van der Waals surface area (Å²) in [5.41, 5.74) is 6.51. The molecule has 0 spiro atoms. The maximum atomic E-state index is 12.0. The van der Waals surface area contributed by atoms with Crippen LogP contribution in [0.25, 0.3) is 0 Å². The van der Waals surface area contributed by atoms with Crippen LogP contribution in [0.1, 0.15) is 25.3 Å². The van der Waals surface area contributed by atoms with Gasteiger partial charge < -0.3 is 20.5 Å². The van der Waals surface area contributed by atoms with Gasteiger partial charge in [0.15, 0.2) is 0 Å². The molecule has 1 amide bonds. The molecule has 1 aliphatic rings. The number of nitrogens with one attached hydrogen (secondary N) is 1. The Hall–Kier alpha value is -1.30. The van der Waals surface area contributed by atoms with E-state index in [-0.39, 0.29) is 30.5 Å². The van der Waals surface area contributed by atoms with E-state index in [4.69, 9.17) is 15.2 Å². The van der Waals surface area contributed by atoms with Gasteiger partial charge in [-0.25, -0.2) is 0 Å². The molecule has 0 radical (unpaired) electrons. The third-order valence-corrected chi connectivity index (χ3v) is 3.39. The van der Waals surface area contributed by atoms with E-state index in [2.05, 4.69) is 5.32 Å². The van der Waals surface area contributed by atoms with Crippen molar-refractivity contribution < 1.29 is 14.3 Å². The number of carbonyl (C=O) groups excluding carboxylic acids is 1. The number of benzene rings is 1. The highest BCUT2D eigenvalue weighted by molar-refractivity contribution is 5.85. The van der Waals surface area contributed by atoms with Crippen LogP contribution in [-0.4, -0.2) is 31.3 Å². The highest BCUT2D eigenvalue weighted by atomic mass is 35.5. The van der Waals surface area contributed by atoms with Gasteiger partial charge in [0.1, 0.15) is 11.9 Å². The van der Waals surface area contributed by atoms with E-state index in [1.54, 1.807) is 0 Å². The minimum Gasteiger partial charge on any atom is -0.494 e. The van der Waals surface area contributed by atoms with Crippen LogP contribution >= 0.6 is 12.4 Å². The molecule has 2 rings (SSSR count). The first-order valence-corrected chi connectivity index (χ1v) is 7.08. The fourth-order valence-corrected chi connectivity index (χ4v) is 2.31. The summed E-state index contributed by atoms with van der Waals surface area (Å²) in [4.78, 5) is 12.0. The first-order chi connectivity index (χ1) is 9.74. The van der Waals surface area contributed by atoms with Gasteiger partial charge in [-0.3, -0.25) is 4.79 Å². The van der Waals surface area contributed by atoms with Crippen molar-refractivity contribution in [2.24, 2.45) is 5.73 Å². The van der Waals surface area contributed by atoms with E-state index in [1.807, 2.05) is 31.2 Å². The van der Waals surface area contributed by atoms with Crippen molar-refractivity contribution in [1.82, 2.24) is 5.32 Å². The molecular weight excluding hydrogens is 292 g/mol. The number of amides is 1. The van der Waals surface area contributed by atoms with Crippen LogP contribution in [-0.2, 0) is 16.1 Å². The Labute approximate surface area is 131 Å². The standard InChI is InChI=1S/C15H22N2O3.ClH/c1-2-19-13-6-4-3-5-11(13)10-17-15(18)14-8-7-12(9-16)20-14;/h3-6,12,14H,2,7-10,16H2,1H3,(H,17,18);1H/t12-,14+;/m1./s1. The average Bonchev–Trinajstić information content (AvgIpc) is 2.95. The van der Waals surface area contributed by atoms with Crippen molar-refractivity contribution in [1.29, 1.82) is 0 Å². The van der Waals surface area contributed by atoms with Crippen LogP contribution in [0.4, 0.5) is 0 Å². The van der Waals surface area contributed by atoms with Crippen LogP contribution in [0.15, 0.2) is 24.3 Å². The number of nitrogens with two attached hydrogens (primary N) is 1. The molecule has 1 heterocycles. The molecule has 2 atom stereocenters. The van der Waals surface area contributed by atoms with Crippen LogP contribution < -0.4 is 15.8 Å². The fourth-order valence-electron chi connectivity index (χ4n) is 2.31. The molecule has 118 valence electrons. The smallest absolute Gasteiger partial charge is 0.249 e. The number of para-hydroxylation sites is 1. The second kappa shape index (κ2) is 8.87. The van der Waals surface area contributed by atoms with Crippen LogP contribution in [0.3, 0.4) is 0 Å². The molecule has 0 aliphatic carbocycles. The molecule has 3 N–H and O–H groups in total. The second-order valence-electron chi connectivity index (χ2n) is 4.82. The molecule has 0 aromatic heterocycles. The predicted octanol–water partition coefficient (Wildman–Crippen LogP) is 1.63. The highest BCUT2D eigenvalue weighted by Gasteiger charge is 2.29. The summed E-state index contributed by atoms with van der Waals surface area (Å²) in [7, 11) is 0. The zero-order valence-electron chi connectivity index (χ0n) is 12.2. The Morgan fingerprint density at radius 3 is 2.86 bits per heavy atom. The number of hydrogen-bond donors (Lipinski definition) is 2. The lowest BCUT2D eigenvalue weighted by molar-refractivity contribution is -0.132. The molecule has 0 bridgehead atoms. The van der Waals surface area contributed by atoms with Crippen LogP contribution in [0, 0.1) is 0 Å². The Kier molecular flexibility index (Phi) is 7.50. The monoisotopic (exact) mass is 314 g/mol. The number of rotatable bonds is 6. The van der Waals surface area contributed by atoms with Gasteiger partial charge in [-0.05, 0) is 25.8 Å². The Bertz CT molecular complexity index is 456. The molecular formula is C15H23ClN2O3. The number of carbonyl (C=O) groups is 1. The van der Waals surface area contributed by atoms with Crippen molar-refractivity contribution in [3.05, 3.63) is 29.8 Å². The minimum atomic E-state index is -0.372. The second-order valence-corrected chi connectivity index (χ2v) is 4.82. The van der Waals surface area contributed by atoms with Crippen molar-refractivity contribution >= 4 is 18.3 Å². The maximum Gasteiger partial charge on any atom is 0.249 e. The minimum absolute atomic E-state index is 0.